The maximum Gasteiger partial charge on any atom is 0.292 e. The Morgan fingerprint density at radius 2 is 2.07 bits per heavy atom. The molecule has 0 saturated heterocycles. The Bertz CT molecular complexity index is 480. The predicted molar refractivity (Wildman–Crippen MR) is 61.6 cm³/mol. The lowest BCUT2D eigenvalue weighted by Crippen LogP contribution is -2.09. The second-order valence-corrected chi connectivity index (χ2v) is 5.05. The Labute approximate surface area is 89.3 Å². The van der Waals surface area contributed by atoms with Crippen LogP contribution in [0.25, 0.3) is 11.1 Å². The predicted octanol–water partition coefficient (Wildman–Crippen LogP) is 3.00. The van der Waals surface area contributed by atoms with Crippen LogP contribution >= 0.6 is 0 Å². The molecule has 0 spiro atoms. The first kappa shape index (κ1) is 10.0. The minimum absolute atomic E-state index is 0.238. The van der Waals surface area contributed by atoms with Crippen molar-refractivity contribution in [3.05, 3.63) is 23.8 Å². The summed E-state index contributed by atoms with van der Waals surface area (Å²) in [7, 11) is 0. The number of rotatable bonds is 1. The van der Waals surface area contributed by atoms with Crippen molar-refractivity contribution in [3.63, 3.8) is 0 Å². The molecule has 1 heterocycles. The smallest absolute Gasteiger partial charge is 0.292 e. The van der Waals surface area contributed by atoms with Crippen LogP contribution in [0.15, 0.2) is 22.6 Å². The summed E-state index contributed by atoms with van der Waals surface area (Å²) in [5.74, 6) is 0. The van der Waals surface area contributed by atoms with Crippen molar-refractivity contribution in [2.45, 2.75) is 27.2 Å². The summed E-state index contributed by atoms with van der Waals surface area (Å²) >= 11 is 0. The fraction of sp³-hybridized carbons (Fsp3) is 0.417. The van der Waals surface area contributed by atoms with Crippen molar-refractivity contribution in [1.82, 2.24) is 4.98 Å². The minimum atomic E-state index is 0.238. The maximum absolute atomic E-state index is 5.55. The minimum Gasteiger partial charge on any atom is -0.424 e. The van der Waals surface area contributed by atoms with Crippen LogP contribution in [0.5, 0.6) is 0 Å². The summed E-state index contributed by atoms with van der Waals surface area (Å²) < 4.78 is 5.29. The number of aromatic nitrogens is 1. The number of oxazole rings is 1. The Morgan fingerprint density at radius 1 is 1.33 bits per heavy atom. The first-order chi connectivity index (χ1) is 6.96. The quantitative estimate of drug-likeness (QED) is 0.776. The van der Waals surface area contributed by atoms with Crippen LogP contribution in [-0.2, 0) is 6.42 Å². The van der Waals surface area contributed by atoms with E-state index < -0.39 is 0 Å². The molecule has 2 rings (SSSR count). The van der Waals surface area contributed by atoms with Gasteiger partial charge in [0.05, 0.1) is 0 Å². The summed E-state index contributed by atoms with van der Waals surface area (Å²) in [6.07, 6.45) is 0.969. The fourth-order valence-corrected chi connectivity index (χ4v) is 1.74. The van der Waals surface area contributed by atoms with Gasteiger partial charge in [0.25, 0.3) is 6.01 Å². The standard InChI is InChI=1S/C12H16N2O/c1-12(2,3)7-8-5-4-6-9-10(8)14-11(13)15-9/h4-6H,7H2,1-3H3,(H2,13,14). The highest BCUT2D eigenvalue weighted by Gasteiger charge is 2.15. The van der Waals surface area contributed by atoms with E-state index in [2.05, 4.69) is 31.8 Å². The van der Waals surface area contributed by atoms with Crippen molar-refractivity contribution in [1.29, 1.82) is 0 Å². The van der Waals surface area contributed by atoms with Crippen molar-refractivity contribution in [2.24, 2.45) is 5.41 Å². The highest BCUT2D eigenvalue weighted by Crippen LogP contribution is 2.27. The molecule has 0 fully saturated rings. The van der Waals surface area contributed by atoms with Gasteiger partial charge in [-0.25, -0.2) is 0 Å². The number of nitrogen functional groups attached to an aromatic ring is 1. The molecule has 0 amide bonds. The molecule has 0 bridgehead atoms. The van der Waals surface area contributed by atoms with E-state index in [1.165, 1.54) is 5.56 Å². The first-order valence-corrected chi connectivity index (χ1v) is 5.10. The van der Waals surface area contributed by atoms with Crippen LogP contribution < -0.4 is 5.73 Å². The third kappa shape index (κ3) is 2.12. The zero-order valence-corrected chi connectivity index (χ0v) is 9.37. The molecule has 1 aromatic heterocycles. The maximum atomic E-state index is 5.55. The third-order valence-electron chi connectivity index (χ3n) is 2.24. The highest BCUT2D eigenvalue weighted by atomic mass is 16.4. The molecule has 2 aromatic rings. The largest absolute Gasteiger partial charge is 0.424 e. The molecule has 1 aromatic carbocycles. The SMILES string of the molecule is CC(C)(C)Cc1cccc2oc(N)nc12. The number of hydrogen-bond acceptors (Lipinski definition) is 3. The van der Waals surface area contributed by atoms with Crippen molar-refractivity contribution < 1.29 is 4.42 Å². The van der Waals surface area contributed by atoms with Crippen LogP contribution in [0.4, 0.5) is 6.01 Å². The molecule has 0 aliphatic carbocycles. The fourth-order valence-electron chi connectivity index (χ4n) is 1.74. The second-order valence-electron chi connectivity index (χ2n) is 5.05. The Balaban J connectivity index is 2.51. The third-order valence-corrected chi connectivity index (χ3v) is 2.24. The van der Waals surface area contributed by atoms with E-state index in [4.69, 9.17) is 10.2 Å². The van der Waals surface area contributed by atoms with E-state index in [0.29, 0.717) is 0 Å². The van der Waals surface area contributed by atoms with Crippen LogP contribution in [0.1, 0.15) is 26.3 Å². The summed E-state index contributed by atoms with van der Waals surface area (Å²) in [5.41, 5.74) is 8.64. The number of benzene rings is 1. The molecule has 0 radical (unpaired) electrons. The van der Waals surface area contributed by atoms with Gasteiger partial charge in [0, 0.05) is 0 Å². The van der Waals surface area contributed by atoms with E-state index in [9.17, 15) is 0 Å². The zero-order chi connectivity index (χ0) is 11.1. The van der Waals surface area contributed by atoms with E-state index in [1.807, 2.05) is 12.1 Å². The monoisotopic (exact) mass is 204 g/mol. The van der Waals surface area contributed by atoms with E-state index in [1.54, 1.807) is 0 Å². The number of hydrogen-bond donors (Lipinski definition) is 1. The number of para-hydroxylation sites is 1. The normalized spacial score (nSPS) is 12.2. The van der Waals surface area contributed by atoms with Gasteiger partial charge in [-0.05, 0) is 23.5 Å². The van der Waals surface area contributed by atoms with Gasteiger partial charge in [0.15, 0.2) is 5.58 Å². The average molecular weight is 204 g/mol. The molecule has 0 unspecified atom stereocenters. The van der Waals surface area contributed by atoms with E-state index in [-0.39, 0.29) is 11.4 Å². The van der Waals surface area contributed by atoms with Gasteiger partial charge in [0.1, 0.15) is 5.52 Å². The van der Waals surface area contributed by atoms with Crippen LogP contribution in [0, 0.1) is 5.41 Å². The summed E-state index contributed by atoms with van der Waals surface area (Å²) in [4.78, 5) is 4.21. The number of nitrogens with zero attached hydrogens (tertiary/aromatic N) is 1. The van der Waals surface area contributed by atoms with Crippen LogP contribution in [-0.4, -0.2) is 4.98 Å². The van der Waals surface area contributed by atoms with Gasteiger partial charge in [0.2, 0.25) is 0 Å². The van der Waals surface area contributed by atoms with Gasteiger partial charge in [-0.2, -0.15) is 4.98 Å². The number of fused-ring (bicyclic) bond motifs is 1. The molecular formula is C12H16N2O. The summed E-state index contributed by atoms with van der Waals surface area (Å²) in [6, 6.07) is 6.19. The number of nitrogens with two attached hydrogens (primary N) is 1. The Hall–Kier alpha value is -1.51. The lowest BCUT2D eigenvalue weighted by atomic mass is 9.88. The molecule has 3 heteroatoms. The average Bonchev–Trinajstić information content (AvgIpc) is 2.43. The van der Waals surface area contributed by atoms with Gasteiger partial charge < -0.3 is 10.2 Å². The van der Waals surface area contributed by atoms with Crippen molar-refractivity contribution in [2.75, 3.05) is 5.73 Å². The molecule has 3 nitrogen and oxygen atoms in total. The van der Waals surface area contributed by atoms with Crippen molar-refractivity contribution in [3.8, 4) is 0 Å². The summed E-state index contributed by atoms with van der Waals surface area (Å²) in [5, 5.41) is 0. The Kier molecular flexibility index (Phi) is 2.18. The highest BCUT2D eigenvalue weighted by molar-refractivity contribution is 5.78. The zero-order valence-electron chi connectivity index (χ0n) is 9.37. The molecule has 0 aliphatic heterocycles. The van der Waals surface area contributed by atoms with Gasteiger partial charge in [-0.3, -0.25) is 0 Å². The molecular weight excluding hydrogens is 188 g/mol. The first-order valence-electron chi connectivity index (χ1n) is 5.10. The molecule has 2 N–H and O–H groups in total. The second kappa shape index (κ2) is 3.26. The summed E-state index contributed by atoms with van der Waals surface area (Å²) in [6.45, 7) is 6.61. The van der Waals surface area contributed by atoms with Gasteiger partial charge in [-0.1, -0.05) is 32.9 Å². The molecule has 0 aliphatic rings. The lowest BCUT2D eigenvalue weighted by Gasteiger charge is -2.17. The molecule has 15 heavy (non-hydrogen) atoms. The van der Waals surface area contributed by atoms with Crippen molar-refractivity contribution >= 4 is 17.1 Å². The van der Waals surface area contributed by atoms with E-state index in [0.717, 1.165) is 17.5 Å². The van der Waals surface area contributed by atoms with Gasteiger partial charge in [-0.15, -0.1) is 0 Å². The van der Waals surface area contributed by atoms with Gasteiger partial charge >= 0.3 is 0 Å². The van der Waals surface area contributed by atoms with E-state index >= 15 is 0 Å². The molecule has 80 valence electrons. The lowest BCUT2D eigenvalue weighted by molar-refractivity contribution is 0.412. The molecule has 0 atom stereocenters. The number of anilines is 1. The Morgan fingerprint density at radius 3 is 2.73 bits per heavy atom. The van der Waals surface area contributed by atoms with Crippen LogP contribution in [0.2, 0.25) is 0 Å². The van der Waals surface area contributed by atoms with Crippen LogP contribution in [0.3, 0.4) is 0 Å². The topological polar surface area (TPSA) is 52.0 Å². The molecule has 0 saturated carbocycles.